The minimum Gasteiger partial charge on any atom is -0.465 e. The minimum absolute atomic E-state index is 0.154. The van der Waals surface area contributed by atoms with Crippen molar-refractivity contribution < 1.29 is 57.2 Å². The number of hydrogen-bond donors (Lipinski definition) is 0. The maximum atomic E-state index is 12.5. The summed E-state index contributed by atoms with van der Waals surface area (Å²) in [5.74, 6) is -2.78. The van der Waals surface area contributed by atoms with Crippen LogP contribution >= 0.6 is 0 Å². The van der Waals surface area contributed by atoms with E-state index < -0.39 is 60.2 Å². The van der Waals surface area contributed by atoms with Crippen LogP contribution in [-0.2, 0) is 57.2 Å². The zero-order chi connectivity index (χ0) is 32.8. The highest BCUT2D eigenvalue weighted by Crippen LogP contribution is 2.65. The summed E-state index contributed by atoms with van der Waals surface area (Å²) in [5, 5.41) is 0. The van der Waals surface area contributed by atoms with E-state index in [1.807, 2.05) is 0 Å². The van der Waals surface area contributed by atoms with E-state index in [2.05, 4.69) is 0 Å². The molecule has 12 nitrogen and oxygen atoms in total. The summed E-state index contributed by atoms with van der Waals surface area (Å²) in [6.07, 6.45) is 4.92. The molecule has 0 N–H and O–H groups in total. The third kappa shape index (κ3) is 11.7. The predicted octanol–water partition coefficient (Wildman–Crippen LogP) is 3.99. The first-order chi connectivity index (χ1) is 20.3. The van der Waals surface area contributed by atoms with Crippen LogP contribution in [0.1, 0.15) is 106 Å². The average Bonchev–Trinajstić information content (AvgIpc) is 2.88. The molecule has 4 aliphatic carbocycles. The van der Waals surface area contributed by atoms with Gasteiger partial charge < -0.3 is 28.4 Å². The van der Waals surface area contributed by atoms with Gasteiger partial charge in [-0.25, -0.2) is 9.59 Å². The molecule has 4 fully saturated rings. The van der Waals surface area contributed by atoms with Crippen LogP contribution < -0.4 is 0 Å². The van der Waals surface area contributed by atoms with Crippen molar-refractivity contribution in [2.24, 2.45) is 22.7 Å². The zero-order valence-electron chi connectivity index (χ0n) is 27.0. The quantitative estimate of drug-likeness (QED) is 0.202. The number of esters is 6. The maximum absolute atomic E-state index is 12.5. The lowest BCUT2D eigenvalue weighted by Crippen LogP contribution is -2.55. The topological polar surface area (TPSA) is 158 Å². The van der Waals surface area contributed by atoms with E-state index in [1.165, 1.54) is 0 Å². The van der Waals surface area contributed by atoms with Gasteiger partial charge in [-0.2, -0.15) is 0 Å². The van der Waals surface area contributed by atoms with Gasteiger partial charge in [0.25, 0.3) is 0 Å². The summed E-state index contributed by atoms with van der Waals surface area (Å²) in [6.45, 7) is 9.71. The fourth-order valence-electron chi connectivity index (χ4n) is 7.17. The van der Waals surface area contributed by atoms with Gasteiger partial charge >= 0.3 is 35.8 Å². The molecule has 248 valence electrons. The minimum atomic E-state index is -0.688. The summed E-state index contributed by atoms with van der Waals surface area (Å²) in [7, 11) is 0. The van der Waals surface area contributed by atoms with E-state index >= 15 is 0 Å². The summed E-state index contributed by atoms with van der Waals surface area (Å²) in [5.41, 5.74) is -1.78. The predicted molar refractivity (Wildman–Crippen MR) is 154 cm³/mol. The summed E-state index contributed by atoms with van der Waals surface area (Å²) in [4.78, 5) is 72.3. The maximum Gasteiger partial charge on any atom is 0.344 e. The van der Waals surface area contributed by atoms with E-state index in [0.717, 1.165) is 38.5 Å². The Balaban J connectivity index is 1.39. The van der Waals surface area contributed by atoms with Crippen molar-refractivity contribution >= 4 is 35.8 Å². The first-order valence-electron chi connectivity index (χ1n) is 15.4. The molecule has 4 saturated carbocycles. The molecule has 0 aromatic carbocycles. The zero-order valence-corrected chi connectivity index (χ0v) is 27.0. The van der Waals surface area contributed by atoms with Gasteiger partial charge in [0.2, 0.25) is 0 Å². The van der Waals surface area contributed by atoms with Gasteiger partial charge in [0, 0.05) is 10.8 Å². The Labute approximate surface area is 259 Å². The van der Waals surface area contributed by atoms with Crippen LogP contribution in [0.2, 0.25) is 0 Å². The highest BCUT2D eigenvalue weighted by Gasteiger charge is 2.58. The molecular formula is C32H48O12. The van der Waals surface area contributed by atoms with E-state index in [0.29, 0.717) is 11.8 Å². The number of hydrogen-bond acceptors (Lipinski definition) is 12. The molecule has 0 unspecified atom stereocenters. The van der Waals surface area contributed by atoms with Crippen molar-refractivity contribution in [3.05, 3.63) is 0 Å². The molecule has 0 aromatic heterocycles. The Morgan fingerprint density at radius 2 is 0.841 bits per heavy atom. The largest absolute Gasteiger partial charge is 0.465 e. The Kier molecular flexibility index (Phi) is 11.5. The monoisotopic (exact) mass is 624 g/mol. The SMILES string of the molecule is CC(C)(C)OC(=O)COC(=O)CCC(=O)OCC12CC3CC(C1)CC(COC(=O)CCC(=O)OCC(=O)OC(C)(C)C)(C3)C2. The van der Waals surface area contributed by atoms with Crippen molar-refractivity contribution in [2.45, 2.75) is 117 Å². The molecule has 0 aromatic rings. The lowest BCUT2D eigenvalue weighted by Gasteiger charge is -2.61. The smallest absolute Gasteiger partial charge is 0.344 e. The van der Waals surface area contributed by atoms with E-state index in [-0.39, 0.29) is 49.7 Å². The van der Waals surface area contributed by atoms with Crippen LogP contribution in [0.4, 0.5) is 0 Å². The van der Waals surface area contributed by atoms with Crippen molar-refractivity contribution in [3.8, 4) is 0 Å². The first kappa shape index (κ1) is 35.3. The van der Waals surface area contributed by atoms with Gasteiger partial charge in [0.15, 0.2) is 13.2 Å². The van der Waals surface area contributed by atoms with Crippen molar-refractivity contribution in [3.63, 3.8) is 0 Å². The summed E-state index contributed by atoms with van der Waals surface area (Å²) < 4.78 is 31.3. The van der Waals surface area contributed by atoms with Crippen molar-refractivity contribution in [2.75, 3.05) is 26.4 Å². The molecule has 0 saturated heterocycles. The molecule has 4 rings (SSSR count). The van der Waals surface area contributed by atoms with Gasteiger partial charge in [-0.15, -0.1) is 0 Å². The molecule has 4 bridgehead atoms. The fraction of sp³-hybridized carbons (Fsp3) is 0.812. The van der Waals surface area contributed by atoms with Gasteiger partial charge in [0.05, 0.1) is 38.9 Å². The number of rotatable bonds is 14. The molecule has 0 atom stereocenters. The summed E-state index contributed by atoms with van der Waals surface area (Å²) >= 11 is 0. The highest BCUT2D eigenvalue weighted by molar-refractivity contribution is 5.81. The van der Waals surface area contributed by atoms with Gasteiger partial charge in [-0.1, -0.05) is 0 Å². The third-order valence-corrected chi connectivity index (χ3v) is 7.99. The Morgan fingerprint density at radius 1 is 0.523 bits per heavy atom. The second-order valence-corrected chi connectivity index (χ2v) is 14.8. The van der Waals surface area contributed by atoms with Crippen LogP contribution in [0.3, 0.4) is 0 Å². The van der Waals surface area contributed by atoms with Crippen LogP contribution in [0.5, 0.6) is 0 Å². The number of ether oxygens (including phenoxy) is 6. The Bertz CT molecular complexity index is 999. The van der Waals surface area contributed by atoms with Crippen molar-refractivity contribution in [1.82, 2.24) is 0 Å². The molecule has 44 heavy (non-hydrogen) atoms. The van der Waals surface area contributed by atoms with Crippen LogP contribution in [-0.4, -0.2) is 73.4 Å². The van der Waals surface area contributed by atoms with Crippen LogP contribution in [0, 0.1) is 22.7 Å². The Hall–Kier alpha value is -3.18. The average molecular weight is 625 g/mol. The van der Waals surface area contributed by atoms with Gasteiger partial charge in [0.1, 0.15) is 11.2 Å². The molecule has 0 heterocycles. The van der Waals surface area contributed by atoms with Crippen LogP contribution in [0.15, 0.2) is 0 Å². The second-order valence-electron chi connectivity index (χ2n) is 14.8. The van der Waals surface area contributed by atoms with Crippen molar-refractivity contribution in [1.29, 1.82) is 0 Å². The molecule has 0 amide bonds. The van der Waals surface area contributed by atoms with E-state index in [4.69, 9.17) is 28.4 Å². The fourth-order valence-corrected chi connectivity index (χ4v) is 7.17. The first-order valence-corrected chi connectivity index (χ1v) is 15.4. The normalized spacial score (nSPS) is 25.5. The molecule has 0 radical (unpaired) electrons. The standard InChI is InChI=1S/C32H48O12/c1-29(2,3)43-27(37)16-39-23(33)7-9-25(35)41-19-31-12-21-11-22(13-31)15-32(14-21,18-31)20-42-26(36)10-8-24(34)40-17-28(38)44-30(4,5)6/h21-22H,7-20H2,1-6H3. The summed E-state index contributed by atoms with van der Waals surface area (Å²) in [6, 6.07) is 0. The molecule has 12 heteroatoms. The molecule has 0 spiro atoms. The second kappa shape index (κ2) is 14.3. The highest BCUT2D eigenvalue weighted by atomic mass is 16.6. The van der Waals surface area contributed by atoms with Gasteiger partial charge in [-0.05, 0) is 91.9 Å². The Morgan fingerprint density at radius 3 is 1.16 bits per heavy atom. The van der Waals surface area contributed by atoms with E-state index in [9.17, 15) is 28.8 Å². The molecule has 4 aliphatic rings. The lowest BCUT2D eigenvalue weighted by atomic mass is 9.44. The molecular weight excluding hydrogens is 576 g/mol. The van der Waals surface area contributed by atoms with E-state index in [1.54, 1.807) is 41.5 Å². The van der Waals surface area contributed by atoms with Gasteiger partial charge in [-0.3, -0.25) is 19.2 Å². The number of carbonyl (C=O) groups excluding carboxylic acids is 6. The molecule has 0 aliphatic heterocycles. The number of carbonyl (C=O) groups is 6. The van der Waals surface area contributed by atoms with Crippen LogP contribution in [0.25, 0.3) is 0 Å². The third-order valence-electron chi connectivity index (χ3n) is 7.99. The lowest BCUT2D eigenvalue weighted by molar-refractivity contribution is -0.179.